The molecular formula is C16H17N3OS. The summed E-state index contributed by atoms with van der Waals surface area (Å²) in [6.07, 6.45) is 0. The summed E-state index contributed by atoms with van der Waals surface area (Å²) in [6, 6.07) is 5.57. The number of aromatic nitrogens is 1. The number of hydrogen-bond donors (Lipinski definition) is 2. The molecule has 21 heavy (non-hydrogen) atoms. The van der Waals surface area contributed by atoms with Crippen LogP contribution in [0.1, 0.15) is 32.2 Å². The number of thiazole rings is 1. The second kappa shape index (κ2) is 7.02. The van der Waals surface area contributed by atoms with Crippen LogP contribution in [-0.4, -0.2) is 17.4 Å². The van der Waals surface area contributed by atoms with Crippen LogP contribution >= 0.6 is 11.3 Å². The van der Waals surface area contributed by atoms with E-state index >= 15 is 0 Å². The van der Waals surface area contributed by atoms with Crippen molar-refractivity contribution in [1.82, 2.24) is 10.3 Å². The number of carbonyl (C=O) groups is 1. The fourth-order valence-electron chi connectivity index (χ4n) is 1.85. The van der Waals surface area contributed by atoms with Gasteiger partial charge in [0.15, 0.2) is 0 Å². The molecule has 5 heteroatoms. The molecule has 4 nitrogen and oxygen atoms in total. The maximum atomic E-state index is 12.3. The zero-order chi connectivity index (χ0) is 15.2. The van der Waals surface area contributed by atoms with Gasteiger partial charge >= 0.3 is 0 Å². The normalized spacial score (nSPS) is 9.86. The van der Waals surface area contributed by atoms with Gasteiger partial charge < -0.3 is 11.1 Å². The fourth-order valence-corrected chi connectivity index (χ4v) is 2.47. The first kappa shape index (κ1) is 15.2. The average molecular weight is 299 g/mol. The third-order valence-electron chi connectivity index (χ3n) is 2.91. The van der Waals surface area contributed by atoms with Crippen LogP contribution in [0.15, 0.2) is 23.6 Å². The van der Waals surface area contributed by atoms with Crippen LogP contribution in [0.4, 0.5) is 0 Å². The number of rotatable bonds is 3. The van der Waals surface area contributed by atoms with Gasteiger partial charge in [-0.1, -0.05) is 17.9 Å². The fraction of sp³-hybridized carbons (Fsp3) is 0.250. The number of hydrogen-bond acceptors (Lipinski definition) is 4. The highest BCUT2D eigenvalue weighted by molar-refractivity contribution is 7.09. The van der Waals surface area contributed by atoms with Crippen LogP contribution in [0.3, 0.4) is 0 Å². The zero-order valence-corrected chi connectivity index (χ0v) is 12.9. The van der Waals surface area contributed by atoms with Gasteiger partial charge in [0.2, 0.25) is 0 Å². The molecule has 0 saturated carbocycles. The van der Waals surface area contributed by atoms with E-state index in [1.54, 1.807) is 17.4 Å². The predicted octanol–water partition coefficient (Wildman–Crippen LogP) is 2.00. The Morgan fingerprint density at radius 1 is 1.43 bits per heavy atom. The molecule has 0 fully saturated rings. The van der Waals surface area contributed by atoms with Gasteiger partial charge in [-0.2, -0.15) is 0 Å². The van der Waals surface area contributed by atoms with Gasteiger partial charge in [0, 0.05) is 16.5 Å². The van der Waals surface area contributed by atoms with E-state index in [0.717, 1.165) is 21.8 Å². The molecule has 1 aromatic carbocycles. The quantitative estimate of drug-likeness (QED) is 0.852. The monoisotopic (exact) mass is 299 g/mol. The minimum atomic E-state index is -0.116. The number of nitrogens with zero attached hydrogens (tertiary/aromatic N) is 1. The summed E-state index contributed by atoms with van der Waals surface area (Å²) in [5.74, 6) is 5.61. The summed E-state index contributed by atoms with van der Waals surface area (Å²) >= 11 is 1.57. The lowest BCUT2D eigenvalue weighted by Gasteiger charge is -2.07. The Kier molecular flexibility index (Phi) is 5.09. The zero-order valence-electron chi connectivity index (χ0n) is 12.1. The standard InChI is InChI=1S/C16H17N3OS/c1-11-5-6-13(4-3-7-17)8-15(11)16(20)18-9-14-10-21-12(2)19-14/h5-6,8,10H,7,9,17H2,1-2H3,(H,18,20). The van der Waals surface area contributed by atoms with E-state index in [-0.39, 0.29) is 5.91 Å². The lowest BCUT2D eigenvalue weighted by atomic mass is 10.0. The van der Waals surface area contributed by atoms with Crippen molar-refractivity contribution in [3.05, 3.63) is 51.0 Å². The number of amides is 1. The van der Waals surface area contributed by atoms with Crippen molar-refractivity contribution in [3.63, 3.8) is 0 Å². The molecule has 0 radical (unpaired) electrons. The van der Waals surface area contributed by atoms with Crippen molar-refractivity contribution in [2.75, 3.05) is 6.54 Å². The number of nitrogens with two attached hydrogens (primary N) is 1. The van der Waals surface area contributed by atoms with E-state index < -0.39 is 0 Å². The van der Waals surface area contributed by atoms with Gasteiger partial charge in [-0.15, -0.1) is 11.3 Å². The highest BCUT2D eigenvalue weighted by atomic mass is 32.1. The Morgan fingerprint density at radius 2 is 2.24 bits per heavy atom. The lowest BCUT2D eigenvalue weighted by Crippen LogP contribution is -2.23. The Balaban J connectivity index is 2.10. The van der Waals surface area contributed by atoms with Gasteiger partial charge in [-0.05, 0) is 31.5 Å². The number of carbonyl (C=O) groups excluding carboxylic acids is 1. The van der Waals surface area contributed by atoms with Crippen LogP contribution in [0.25, 0.3) is 0 Å². The molecule has 0 aliphatic rings. The molecule has 0 aliphatic heterocycles. The van der Waals surface area contributed by atoms with E-state index in [9.17, 15) is 4.79 Å². The Bertz CT molecular complexity index is 710. The van der Waals surface area contributed by atoms with E-state index in [0.29, 0.717) is 18.7 Å². The van der Waals surface area contributed by atoms with Crippen molar-refractivity contribution in [1.29, 1.82) is 0 Å². The Labute approximate surface area is 128 Å². The van der Waals surface area contributed by atoms with Crippen molar-refractivity contribution in [3.8, 4) is 11.8 Å². The molecule has 0 saturated heterocycles. The molecular weight excluding hydrogens is 282 g/mol. The Hall–Kier alpha value is -2.16. The van der Waals surface area contributed by atoms with Crippen molar-refractivity contribution < 1.29 is 4.79 Å². The summed E-state index contributed by atoms with van der Waals surface area (Å²) < 4.78 is 0. The maximum Gasteiger partial charge on any atom is 0.251 e. The topological polar surface area (TPSA) is 68.0 Å². The van der Waals surface area contributed by atoms with Crippen LogP contribution in [0.5, 0.6) is 0 Å². The first-order chi connectivity index (χ1) is 10.1. The highest BCUT2D eigenvalue weighted by Crippen LogP contribution is 2.12. The molecule has 3 N–H and O–H groups in total. The molecule has 0 spiro atoms. The second-order valence-corrected chi connectivity index (χ2v) is 5.64. The Morgan fingerprint density at radius 3 is 2.90 bits per heavy atom. The van der Waals surface area contributed by atoms with Crippen molar-refractivity contribution >= 4 is 17.2 Å². The molecule has 108 valence electrons. The van der Waals surface area contributed by atoms with Gasteiger partial charge in [0.1, 0.15) is 0 Å². The molecule has 0 atom stereocenters. The van der Waals surface area contributed by atoms with Gasteiger partial charge in [-0.3, -0.25) is 4.79 Å². The predicted molar refractivity (Wildman–Crippen MR) is 85.1 cm³/mol. The largest absolute Gasteiger partial charge is 0.346 e. The van der Waals surface area contributed by atoms with Gasteiger partial charge in [0.25, 0.3) is 5.91 Å². The van der Waals surface area contributed by atoms with E-state index in [2.05, 4.69) is 22.1 Å². The third kappa shape index (κ3) is 4.15. The number of aryl methyl sites for hydroxylation is 2. The first-order valence-corrected chi connectivity index (χ1v) is 7.47. The van der Waals surface area contributed by atoms with Gasteiger partial charge in [-0.25, -0.2) is 4.98 Å². The van der Waals surface area contributed by atoms with Crippen LogP contribution in [0.2, 0.25) is 0 Å². The molecule has 0 bridgehead atoms. The summed E-state index contributed by atoms with van der Waals surface area (Å²) in [7, 11) is 0. The van der Waals surface area contributed by atoms with E-state index in [1.807, 2.05) is 31.4 Å². The SMILES string of the molecule is Cc1nc(CNC(=O)c2cc(C#CCN)ccc2C)cs1. The number of nitrogens with one attached hydrogen (secondary N) is 1. The highest BCUT2D eigenvalue weighted by Gasteiger charge is 2.10. The molecule has 0 aliphatic carbocycles. The molecule has 1 amide bonds. The van der Waals surface area contributed by atoms with E-state index in [4.69, 9.17) is 5.73 Å². The smallest absolute Gasteiger partial charge is 0.251 e. The molecule has 0 unspecified atom stereocenters. The lowest BCUT2D eigenvalue weighted by molar-refractivity contribution is 0.0950. The van der Waals surface area contributed by atoms with Gasteiger partial charge in [0.05, 0.1) is 23.8 Å². The minimum Gasteiger partial charge on any atom is -0.346 e. The summed E-state index contributed by atoms with van der Waals surface area (Å²) in [5, 5.41) is 5.83. The molecule has 2 rings (SSSR count). The van der Waals surface area contributed by atoms with Crippen molar-refractivity contribution in [2.45, 2.75) is 20.4 Å². The van der Waals surface area contributed by atoms with Crippen LogP contribution in [0, 0.1) is 25.7 Å². The van der Waals surface area contributed by atoms with Crippen molar-refractivity contribution in [2.24, 2.45) is 5.73 Å². The van der Waals surface area contributed by atoms with Crippen LogP contribution < -0.4 is 11.1 Å². The average Bonchev–Trinajstić information content (AvgIpc) is 2.89. The first-order valence-electron chi connectivity index (χ1n) is 6.59. The summed E-state index contributed by atoms with van der Waals surface area (Å²) in [4.78, 5) is 16.6. The molecule has 1 aromatic heterocycles. The number of benzene rings is 1. The minimum absolute atomic E-state index is 0.116. The van der Waals surface area contributed by atoms with Crippen LogP contribution in [-0.2, 0) is 6.54 Å². The third-order valence-corrected chi connectivity index (χ3v) is 3.74. The second-order valence-electron chi connectivity index (χ2n) is 4.58. The molecule has 2 aromatic rings. The summed E-state index contributed by atoms with van der Waals surface area (Å²) in [5.41, 5.74) is 8.58. The molecule has 1 heterocycles. The van der Waals surface area contributed by atoms with E-state index in [1.165, 1.54) is 0 Å². The summed E-state index contributed by atoms with van der Waals surface area (Å²) in [6.45, 7) is 4.58. The maximum absolute atomic E-state index is 12.3.